The van der Waals surface area contributed by atoms with E-state index in [4.69, 9.17) is 4.74 Å². The summed E-state index contributed by atoms with van der Waals surface area (Å²) in [4.78, 5) is 28.0. The molecular formula is C19H20N2O3. The fourth-order valence-electron chi connectivity index (χ4n) is 3.03. The number of carbonyl (C=O) groups excluding carboxylic acids is 2. The number of ether oxygens (including phenoxy) is 1. The number of nitrogens with zero attached hydrogens (tertiary/aromatic N) is 2. The van der Waals surface area contributed by atoms with Crippen LogP contribution in [-0.4, -0.2) is 31.0 Å². The lowest BCUT2D eigenvalue weighted by Gasteiger charge is -2.40. The van der Waals surface area contributed by atoms with Gasteiger partial charge in [-0.15, -0.1) is 0 Å². The summed E-state index contributed by atoms with van der Waals surface area (Å²) in [6, 6.07) is 16.6. The second-order valence-corrected chi connectivity index (χ2v) is 5.83. The van der Waals surface area contributed by atoms with E-state index in [0.717, 1.165) is 11.4 Å². The van der Waals surface area contributed by atoms with Crippen LogP contribution in [-0.2, 0) is 9.59 Å². The van der Waals surface area contributed by atoms with Crippen molar-refractivity contribution < 1.29 is 14.3 Å². The first-order valence-corrected chi connectivity index (χ1v) is 7.95. The maximum atomic E-state index is 12.7. The summed E-state index contributed by atoms with van der Waals surface area (Å²) < 4.78 is 5.57. The second kappa shape index (κ2) is 6.74. The molecule has 24 heavy (non-hydrogen) atoms. The molecule has 3 rings (SSSR count). The van der Waals surface area contributed by atoms with Crippen LogP contribution < -0.4 is 14.5 Å². The van der Waals surface area contributed by atoms with Crippen LogP contribution in [0.15, 0.2) is 54.6 Å². The van der Waals surface area contributed by atoms with Gasteiger partial charge in [-0.05, 0) is 31.2 Å². The fraction of sp³-hybridized carbons (Fsp3) is 0.263. The second-order valence-electron chi connectivity index (χ2n) is 5.83. The Hall–Kier alpha value is -2.82. The number of amides is 2. The first-order valence-electron chi connectivity index (χ1n) is 7.95. The molecule has 0 aromatic heterocycles. The monoisotopic (exact) mass is 324 g/mol. The van der Waals surface area contributed by atoms with Crippen molar-refractivity contribution in [2.24, 2.45) is 0 Å². The fourth-order valence-corrected chi connectivity index (χ4v) is 3.03. The summed E-state index contributed by atoms with van der Waals surface area (Å²) >= 11 is 0. The maximum absolute atomic E-state index is 12.7. The van der Waals surface area contributed by atoms with E-state index >= 15 is 0 Å². The SMILES string of the molecule is CC(=O)N1c2ccccc2N(C(=O)COc2ccccc2)C[C@@H]1C. The Labute approximate surface area is 141 Å². The van der Waals surface area contributed by atoms with Crippen LogP contribution in [0.4, 0.5) is 11.4 Å². The number of para-hydroxylation sites is 3. The van der Waals surface area contributed by atoms with Gasteiger partial charge in [-0.1, -0.05) is 30.3 Å². The Balaban J connectivity index is 1.81. The molecule has 1 aliphatic heterocycles. The van der Waals surface area contributed by atoms with E-state index < -0.39 is 0 Å². The lowest BCUT2D eigenvalue weighted by atomic mass is 10.1. The van der Waals surface area contributed by atoms with Crippen LogP contribution in [0.5, 0.6) is 5.75 Å². The van der Waals surface area contributed by atoms with Gasteiger partial charge in [-0.25, -0.2) is 0 Å². The van der Waals surface area contributed by atoms with Crippen LogP contribution >= 0.6 is 0 Å². The minimum atomic E-state index is -0.124. The molecule has 0 unspecified atom stereocenters. The normalized spacial score (nSPS) is 16.5. The molecule has 5 nitrogen and oxygen atoms in total. The number of benzene rings is 2. The third kappa shape index (κ3) is 3.11. The molecule has 1 heterocycles. The molecule has 0 bridgehead atoms. The van der Waals surface area contributed by atoms with Crippen LogP contribution in [0.25, 0.3) is 0 Å². The lowest BCUT2D eigenvalue weighted by molar-refractivity contribution is -0.121. The molecule has 2 amide bonds. The molecule has 0 saturated heterocycles. The molecule has 0 radical (unpaired) electrons. The van der Waals surface area contributed by atoms with Crippen LogP contribution in [0.2, 0.25) is 0 Å². The van der Waals surface area contributed by atoms with Crippen LogP contribution in [0.1, 0.15) is 13.8 Å². The van der Waals surface area contributed by atoms with Crippen LogP contribution in [0.3, 0.4) is 0 Å². The van der Waals surface area contributed by atoms with Crippen molar-refractivity contribution in [3.05, 3.63) is 54.6 Å². The zero-order valence-electron chi connectivity index (χ0n) is 13.8. The highest BCUT2D eigenvalue weighted by atomic mass is 16.5. The molecule has 124 valence electrons. The van der Waals surface area contributed by atoms with E-state index in [1.807, 2.05) is 61.5 Å². The van der Waals surface area contributed by atoms with E-state index in [0.29, 0.717) is 12.3 Å². The zero-order chi connectivity index (χ0) is 17.1. The number of fused-ring (bicyclic) bond motifs is 1. The quantitative estimate of drug-likeness (QED) is 0.872. The lowest BCUT2D eigenvalue weighted by Crippen LogP contribution is -2.52. The molecule has 0 N–H and O–H groups in total. The molecule has 0 fully saturated rings. The molecule has 0 spiro atoms. The van der Waals surface area contributed by atoms with Crippen molar-refractivity contribution in [3.8, 4) is 5.75 Å². The Morgan fingerprint density at radius 3 is 2.33 bits per heavy atom. The highest BCUT2D eigenvalue weighted by molar-refractivity contribution is 6.04. The number of anilines is 2. The van der Waals surface area contributed by atoms with Gasteiger partial charge in [0, 0.05) is 13.5 Å². The molecule has 2 aromatic rings. The zero-order valence-corrected chi connectivity index (χ0v) is 13.8. The predicted molar refractivity (Wildman–Crippen MR) is 93.4 cm³/mol. The van der Waals surface area contributed by atoms with Crippen molar-refractivity contribution in [3.63, 3.8) is 0 Å². The van der Waals surface area contributed by atoms with Gasteiger partial charge >= 0.3 is 0 Å². The van der Waals surface area contributed by atoms with E-state index in [2.05, 4.69) is 0 Å². The summed E-state index contributed by atoms with van der Waals surface area (Å²) in [6.07, 6.45) is 0. The minimum Gasteiger partial charge on any atom is -0.484 e. The highest BCUT2D eigenvalue weighted by Crippen LogP contribution is 2.35. The summed E-state index contributed by atoms with van der Waals surface area (Å²) in [6.45, 7) is 3.90. The van der Waals surface area contributed by atoms with E-state index in [-0.39, 0.29) is 24.5 Å². The summed E-state index contributed by atoms with van der Waals surface area (Å²) in [7, 11) is 0. The molecular weight excluding hydrogens is 304 g/mol. The molecule has 1 atom stereocenters. The number of carbonyl (C=O) groups is 2. The summed E-state index contributed by atoms with van der Waals surface area (Å²) in [5.74, 6) is 0.512. The third-order valence-electron chi connectivity index (χ3n) is 4.07. The van der Waals surface area contributed by atoms with Gasteiger partial charge in [0.2, 0.25) is 5.91 Å². The highest BCUT2D eigenvalue weighted by Gasteiger charge is 2.33. The van der Waals surface area contributed by atoms with Crippen molar-refractivity contribution in [2.75, 3.05) is 23.0 Å². The third-order valence-corrected chi connectivity index (χ3v) is 4.07. The number of hydrogen-bond donors (Lipinski definition) is 0. The van der Waals surface area contributed by atoms with Crippen molar-refractivity contribution in [1.29, 1.82) is 0 Å². The van der Waals surface area contributed by atoms with E-state index in [9.17, 15) is 9.59 Å². The smallest absolute Gasteiger partial charge is 0.265 e. The van der Waals surface area contributed by atoms with Crippen LogP contribution in [0, 0.1) is 0 Å². The van der Waals surface area contributed by atoms with Crippen molar-refractivity contribution in [1.82, 2.24) is 0 Å². The van der Waals surface area contributed by atoms with Gasteiger partial charge in [-0.3, -0.25) is 9.59 Å². The Morgan fingerprint density at radius 2 is 1.67 bits per heavy atom. The average Bonchev–Trinajstić information content (AvgIpc) is 2.59. The van der Waals surface area contributed by atoms with Gasteiger partial charge in [0.15, 0.2) is 6.61 Å². The van der Waals surface area contributed by atoms with Gasteiger partial charge in [0.1, 0.15) is 5.75 Å². The van der Waals surface area contributed by atoms with Crippen molar-refractivity contribution >= 4 is 23.2 Å². The largest absolute Gasteiger partial charge is 0.484 e. The molecule has 5 heteroatoms. The number of hydrogen-bond acceptors (Lipinski definition) is 3. The Kier molecular flexibility index (Phi) is 4.51. The van der Waals surface area contributed by atoms with Crippen molar-refractivity contribution in [2.45, 2.75) is 19.9 Å². The van der Waals surface area contributed by atoms with Gasteiger partial charge < -0.3 is 14.5 Å². The minimum absolute atomic E-state index is 0.0254. The maximum Gasteiger partial charge on any atom is 0.265 e. The first-order chi connectivity index (χ1) is 11.6. The molecule has 2 aromatic carbocycles. The van der Waals surface area contributed by atoms with Gasteiger partial charge in [0.05, 0.1) is 17.4 Å². The topological polar surface area (TPSA) is 49.9 Å². The standard InChI is InChI=1S/C19H20N2O3/c1-14-12-20(19(23)13-24-16-8-4-3-5-9-16)17-10-6-7-11-18(17)21(14)15(2)22/h3-11,14H,12-13H2,1-2H3/t14-/m0/s1. The van der Waals surface area contributed by atoms with Gasteiger partial charge in [-0.2, -0.15) is 0 Å². The number of rotatable bonds is 3. The predicted octanol–water partition coefficient (Wildman–Crippen LogP) is 2.85. The average molecular weight is 324 g/mol. The molecule has 0 aliphatic carbocycles. The summed E-state index contributed by atoms with van der Waals surface area (Å²) in [5, 5.41) is 0. The Bertz CT molecular complexity index is 745. The van der Waals surface area contributed by atoms with Gasteiger partial charge in [0.25, 0.3) is 5.91 Å². The van der Waals surface area contributed by atoms with E-state index in [1.165, 1.54) is 0 Å². The Morgan fingerprint density at radius 1 is 1.04 bits per heavy atom. The first kappa shape index (κ1) is 16.1. The summed E-state index contributed by atoms with van der Waals surface area (Å²) in [5.41, 5.74) is 1.50. The molecule has 1 aliphatic rings. The molecule has 0 saturated carbocycles. The van der Waals surface area contributed by atoms with E-state index in [1.54, 1.807) is 16.7 Å².